The molecule has 0 unspecified atom stereocenters. The molecule has 5 N–H and O–H groups in total. The van der Waals surface area contributed by atoms with Gasteiger partial charge in [0, 0.05) is 0 Å². The molecule has 96 valence electrons. The van der Waals surface area contributed by atoms with Gasteiger partial charge in [-0.3, -0.25) is 0 Å². The summed E-state index contributed by atoms with van der Waals surface area (Å²) < 4.78 is 5.30. The molecule has 6 heteroatoms. The normalized spacial score (nSPS) is 11.7. The Labute approximate surface area is 98.3 Å². The summed E-state index contributed by atoms with van der Waals surface area (Å²) in [6, 6.07) is 0. The number of rotatable bonds is 2. The molecule has 0 aliphatic carbocycles. The Kier molecular flexibility index (Phi) is 3.28. The van der Waals surface area contributed by atoms with Crippen molar-refractivity contribution >= 4 is 0 Å². The van der Waals surface area contributed by atoms with Crippen LogP contribution in [-0.2, 0) is 11.3 Å². The molecule has 1 rings (SSSR count). The Morgan fingerprint density at radius 1 is 0.765 bits per heavy atom. The van der Waals surface area contributed by atoms with Gasteiger partial charge in [0.15, 0.2) is 11.5 Å². The number of ether oxygens (including phenoxy) is 1. The van der Waals surface area contributed by atoms with Crippen LogP contribution in [0.2, 0.25) is 0 Å². The van der Waals surface area contributed by atoms with E-state index in [-0.39, 0.29) is 12.2 Å². The van der Waals surface area contributed by atoms with E-state index in [1.165, 1.54) is 0 Å². The van der Waals surface area contributed by atoms with Crippen molar-refractivity contribution in [1.29, 1.82) is 0 Å². The first kappa shape index (κ1) is 13.2. The molecular weight excluding hydrogens is 228 g/mol. The molecule has 0 aromatic heterocycles. The molecule has 0 saturated carbocycles. The van der Waals surface area contributed by atoms with Crippen LogP contribution < -0.4 is 0 Å². The smallest absolute Gasteiger partial charge is 0.208 e. The van der Waals surface area contributed by atoms with E-state index < -0.39 is 34.3 Å². The van der Waals surface area contributed by atoms with Crippen molar-refractivity contribution < 1.29 is 30.3 Å². The molecule has 0 aliphatic heterocycles. The van der Waals surface area contributed by atoms with E-state index >= 15 is 0 Å². The van der Waals surface area contributed by atoms with Gasteiger partial charge in [-0.2, -0.15) is 0 Å². The second kappa shape index (κ2) is 4.21. The predicted molar refractivity (Wildman–Crippen MR) is 59.3 cm³/mol. The van der Waals surface area contributed by atoms with Crippen molar-refractivity contribution in [3.05, 3.63) is 5.56 Å². The molecule has 17 heavy (non-hydrogen) atoms. The highest BCUT2D eigenvalue weighted by atomic mass is 16.5. The minimum atomic E-state index is -0.973. The van der Waals surface area contributed by atoms with Crippen LogP contribution >= 0.6 is 0 Å². The molecule has 0 spiro atoms. The largest absolute Gasteiger partial charge is 0.504 e. The second-order valence-corrected chi connectivity index (χ2v) is 4.62. The molecular formula is C11H16O6. The van der Waals surface area contributed by atoms with Gasteiger partial charge in [-0.25, -0.2) is 0 Å². The van der Waals surface area contributed by atoms with Gasteiger partial charge < -0.3 is 30.3 Å². The van der Waals surface area contributed by atoms with Gasteiger partial charge in [0.25, 0.3) is 0 Å². The molecule has 0 atom stereocenters. The standard InChI is InChI=1S/C11H16O6/c1-11(2,3)17-4-5-6(12)8(14)10(16)9(15)7(5)13/h12-16H,4H2,1-3H3. The van der Waals surface area contributed by atoms with Crippen LogP contribution in [0.15, 0.2) is 0 Å². The van der Waals surface area contributed by atoms with Gasteiger partial charge >= 0.3 is 0 Å². The predicted octanol–water partition coefficient (Wildman–Crippen LogP) is 1.53. The Morgan fingerprint density at radius 2 is 1.12 bits per heavy atom. The summed E-state index contributed by atoms with van der Waals surface area (Å²) in [7, 11) is 0. The summed E-state index contributed by atoms with van der Waals surface area (Å²) in [4.78, 5) is 0. The Balaban J connectivity index is 3.16. The number of hydrogen-bond donors (Lipinski definition) is 5. The fraction of sp³-hybridized carbons (Fsp3) is 0.455. The average molecular weight is 244 g/mol. The third-order valence-corrected chi connectivity index (χ3v) is 2.12. The zero-order chi connectivity index (χ0) is 13.4. The van der Waals surface area contributed by atoms with E-state index in [1.54, 1.807) is 20.8 Å². The molecule has 1 aromatic rings. The number of phenols is 5. The Bertz CT molecular complexity index is 404. The summed E-state index contributed by atoms with van der Waals surface area (Å²) in [5.41, 5.74) is -0.713. The summed E-state index contributed by atoms with van der Waals surface area (Å²) >= 11 is 0. The van der Waals surface area contributed by atoms with E-state index in [1.807, 2.05) is 0 Å². The Hall–Kier alpha value is -1.82. The third kappa shape index (κ3) is 2.65. The molecule has 1 aromatic carbocycles. The topological polar surface area (TPSA) is 110 Å². The first-order valence-corrected chi connectivity index (χ1v) is 4.96. The number of aromatic hydroxyl groups is 5. The lowest BCUT2D eigenvalue weighted by atomic mass is 10.1. The maximum atomic E-state index is 9.52. The van der Waals surface area contributed by atoms with Crippen molar-refractivity contribution in [3.63, 3.8) is 0 Å². The van der Waals surface area contributed by atoms with Crippen molar-refractivity contribution in [1.82, 2.24) is 0 Å². The molecule has 0 amide bonds. The highest BCUT2D eigenvalue weighted by Crippen LogP contribution is 2.50. The molecule has 6 nitrogen and oxygen atoms in total. The van der Waals surface area contributed by atoms with Crippen LogP contribution in [0.4, 0.5) is 0 Å². The lowest BCUT2D eigenvalue weighted by Gasteiger charge is -2.21. The number of phenolic OH excluding ortho intramolecular Hbond substituents is 5. The van der Waals surface area contributed by atoms with Crippen molar-refractivity contribution in [2.75, 3.05) is 0 Å². The van der Waals surface area contributed by atoms with Crippen molar-refractivity contribution in [2.24, 2.45) is 0 Å². The van der Waals surface area contributed by atoms with E-state index in [4.69, 9.17) is 9.84 Å². The first-order valence-electron chi connectivity index (χ1n) is 4.96. The average Bonchev–Trinajstić information content (AvgIpc) is 2.22. The van der Waals surface area contributed by atoms with Gasteiger partial charge in [0.2, 0.25) is 17.2 Å². The van der Waals surface area contributed by atoms with Crippen LogP contribution in [0.1, 0.15) is 26.3 Å². The zero-order valence-corrected chi connectivity index (χ0v) is 9.85. The third-order valence-electron chi connectivity index (χ3n) is 2.12. The van der Waals surface area contributed by atoms with Crippen LogP contribution in [0.25, 0.3) is 0 Å². The molecule has 0 aliphatic rings. The minimum absolute atomic E-state index is 0.187. The van der Waals surface area contributed by atoms with Crippen molar-refractivity contribution in [2.45, 2.75) is 33.0 Å². The van der Waals surface area contributed by atoms with E-state index in [9.17, 15) is 20.4 Å². The molecule has 0 saturated heterocycles. The summed E-state index contributed by atoms with van der Waals surface area (Å²) in [5.74, 6) is -4.20. The first-order chi connectivity index (χ1) is 7.65. The fourth-order valence-electron chi connectivity index (χ4n) is 1.16. The molecule has 0 bridgehead atoms. The van der Waals surface area contributed by atoms with Crippen LogP contribution in [0.5, 0.6) is 28.7 Å². The summed E-state index contributed by atoms with van der Waals surface area (Å²) in [6.07, 6.45) is 0. The highest BCUT2D eigenvalue weighted by Gasteiger charge is 2.24. The molecule has 0 radical (unpaired) electrons. The van der Waals surface area contributed by atoms with Gasteiger partial charge in [0.05, 0.1) is 17.8 Å². The zero-order valence-electron chi connectivity index (χ0n) is 9.85. The second-order valence-electron chi connectivity index (χ2n) is 4.62. The summed E-state index contributed by atoms with van der Waals surface area (Å²) in [5, 5.41) is 46.8. The van der Waals surface area contributed by atoms with Gasteiger partial charge in [-0.1, -0.05) is 0 Å². The van der Waals surface area contributed by atoms with E-state index in [2.05, 4.69) is 0 Å². The van der Waals surface area contributed by atoms with Crippen molar-refractivity contribution in [3.8, 4) is 28.7 Å². The van der Waals surface area contributed by atoms with Crippen LogP contribution in [0.3, 0.4) is 0 Å². The summed E-state index contributed by atoms with van der Waals surface area (Å²) in [6.45, 7) is 5.08. The highest BCUT2D eigenvalue weighted by molar-refractivity contribution is 5.67. The Morgan fingerprint density at radius 3 is 1.47 bits per heavy atom. The minimum Gasteiger partial charge on any atom is -0.504 e. The number of benzene rings is 1. The maximum absolute atomic E-state index is 9.52. The van der Waals surface area contributed by atoms with Gasteiger partial charge in [0.1, 0.15) is 0 Å². The quantitative estimate of drug-likeness (QED) is 0.398. The number of hydrogen-bond acceptors (Lipinski definition) is 6. The van der Waals surface area contributed by atoms with Gasteiger partial charge in [-0.05, 0) is 20.8 Å². The van der Waals surface area contributed by atoms with Gasteiger partial charge in [-0.15, -0.1) is 0 Å². The lowest BCUT2D eigenvalue weighted by molar-refractivity contribution is -0.0165. The van der Waals surface area contributed by atoms with E-state index in [0.29, 0.717) is 0 Å². The van der Waals surface area contributed by atoms with Crippen LogP contribution in [0, 0.1) is 0 Å². The fourth-order valence-corrected chi connectivity index (χ4v) is 1.16. The maximum Gasteiger partial charge on any atom is 0.208 e. The molecule has 0 heterocycles. The van der Waals surface area contributed by atoms with E-state index in [0.717, 1.165) is 0 Å². The monoisotopic (exact) mass is 244 g/mol. The SMILES string of the molecule is CC(C)(C)OCc1c(O)c(O)c(O)c(O)c1O. The van der Waals surface area contributed by atoms with Crippen LogP contribution in [-0.4, -0.2) is 31.1 Å². The lowest BCUT2D eigenvalue weighted by Crippen LogP contribution is -2.18. The molecule has 0 fully saturated rings.